The van der Waals surface area contributed by atoms with Crippen LogP contribution in [0.1, 0.15) is 61.8 Å². The Balaban J connectivity index is 1.45. The molecule has 1 N–H and O–H groups in total. The number of nitrogens with one attached hydrogen (secondary N) is 1. The van der Waals surface area contributed by atoms with Crippen molar-refractivity contribution in [2.45, 2.75) is 51.5 Å². The fourth-order valence-corrected chi connectivity index (χ4v) is 4.99. The highest BCUT2D eigenvalue weighted by Crippen LogP contribution is 2.32. The normalized spacial score (nSPS) is 17.9. The zero-order chi connectivity index (χ0) is 23.5. The van der Waals surface area contributed by atoms with Gasteiger partial charge in [-0.15, -0.1) is 0 Å². The Labute approximate surface area is 201 Å². The number of aromatic nitrogens is 4. The first-order valence-electron chi connectivity index (χ1n) is 12.7. The van der Waals surface area contributed by atoms with Gasteiger partial charge < -0.3 is 19.7 Å². The summed E-state index contributed by atoms with van der Waals surface area (Å²) in [6.45, 7) is 6.35. The van der Waals surface area contributed by atoms with Crippen LogP contribution in [0, 0.1) is 0 Å². The van der Waals surface area contributed by atoms with Crippen LogP contribution in [0.5, 0.6) is 0 Å². The Morgan fingerprint density at radius 1 is 1.03 bits per heavy atom. The quantitative estimate of drug-likeness (QED) is 0.592. The lowest BCUT2D eigenvalue weighted by atomic mass is 9.95. The second-order valence-electron chi connectivity index (χ2n) is 9.61. The molecular formula is C26H35N7O. The molecule has 0 spiro atoms. The maximum Gasteiger partial charge on any atom is 0.253 e. The van der Waals surface area contributed by atoms with Crippen LogP contribution >= 0.6 is 0 Å². The summed E-state index contributed by atoms with van der Waals surface area (Å²) in [5, 5.41) is 3.45. The number of nitrogens with zero attached hydrogens (tertiary/aromatic N) is 6. The van der Waals surface area contributed by atoms with Crippen molar-refractivity contribution in [1.29, 1.82) is 0 Å². The van der Waals surface area contributed by atoms with E-state index < -0.39 is 0 Å². The van der Waals surface area contributed by atoms with Crippen LogP contribution < -0.4 is 5.32 Å². The third-order valence-corrected chi connectivity index (χ3v) is 7.11. The van der Waals surface area contributed by atoms with E-state index in [4.69, 9.17) is 15.0 Å². The van der Waals surface area contributed by atoms with Gasteiger partial charge in [-0.05, 0) is 38.4 Å². The van der Waals surface area contributed by atoms with Crippen LogP contribution in [0.25, 0.3) is 22.6 Å². The van der Waals surface area contributed by atoms with Crippen LogP contribution in [-0.4, -0.2) is 75.0 Å². The first-order chi connectivity index (χ1) is 16.6. The van der Waals surface area contributed by atoms with E-state index in [1.165, 1.54) is 32.1 Å². The molecule has 5 rings (SSSR count). The predicted octanol–water partition coefficient (Wildman–Crippen LogP) is 4.21. The van der Waals surface area contributed by atoms with Crippen molar-refractivity contribution in [1.82, 2.24) is 29.3 Å². The fraction of sp³-hybridized carbons (Fsp3) is 0.538. The van der Waals surface area contributed by atoms with E-state index in [1.54, 1.807) is 0 Å². The average Bonchev–Trinajstić information content (AvgIpc) is 3.32. The maximum absolute atomic E-state index is 12.9. The molecule has 1 aliphatic heterocycles. The molecular weight excluding hydrogens is 426 g/mol. The topological polar surface area (TPSA) is 79.2 Å². The van der Waals surface area contributed by atoms with Crippen LogP contribution in [0.3, 0.4) is 0 Å². The van der Waals surface area contributed by atoms with E-state index >= 15 is 0 Å². The summed E-state index contributed by atoms with van der Waals surface area (Å²) < 4.78 is 2.25. The van der Waals surface area contributed by atoms with Gasteiger partial charge in [0.15, 0.2) is 17.3 Å². The number of hydrogen-bond donors (Lipinski definition) is 1. The number of amides is 1. The zero-order valence-electron chi connectivity index (χ0n) is 20.3. The molecule has 8 heteroatoms. The summed E-state index contributed by atoms with van der Waals surface area (Å²) in [7, 11) is 2.09. The van der Waals surface area contributed by atoms with E-state index in [-0.39, 0.29) is 5.91 Å². The number of rotatable bonds is 6. The zero-order valence-corrected chi connectivity index (χ0v) is 20.3. The van der Waals surface area contributed by atoms with Gasteiger partial charge in [-0.25, -0.2) is 15.0 Å². The highest BCUT2D eigenvalue weighted by molar-refractivity contribution is 5.95. The molecule has 0 bridgehead atoms. The van der Waals surface area contributed by atoms with Crippen molar-refractivity contribution in [3.8, 4) is 11.4 Å². The SMILES string of the molecule is CCCNc1nc(-c2ccc(C(=O)N3CCN(C)CC3)cc2)nc2c1ncn2C1CCCCC1. The minimum Gasteiger partial charge on any atom is -0.368 e. The Morgan fingerprint density at radius 2 is 1.76 bits per heavy atom. The Kier molecular flexibility index (Phi) is 6.76. The number of imidazole rings is 1. The number of hydrogen-bond acceptors (Lipinski definition) is 6. The van der Waals surface area contributed by atoms with Gasteiger partial charge in [0.25, 0.3) is 5.91 Å². The van der Waals surface area contributed by atoms with Gasteiger partial charge >= 0.3 is 0 Å². The molecule has 0 radical (unpaired) electrons. The maximum atomic E-state index is 12.9. The van der Waals surface area contributed by atoms with Crippen molar-refractivity contribution in [3.05, 3.63) is 36.2 Å². The molecule has 2 aliphatic rings. The Hall–Kier alpha value is -3.00. The molecule has 1 saturated carbocycles. The molecule has 2 aromatic heterocycles. The number of benzene rings is 1. The Bertz CT molecular complexity index is 1130. The molecule has 180 valence electrons. The highest BCUT2D eigenvalue weighted by Gasteiger charge is 2.22. The van der Waals surface area contributed by atoms with Crippen LogP contribution in [0.4, 0.5) is 5.82 Å². The molecule has 1 aliphatic carbocycles. The second kappa shape index (κ2) is 10.1. The predicted molar refractivity (Wildman–Crippen MR) is 135 cm³/mol. The standard InChI is InChI=1S/C26H35N7O/c1-3-13-27-24-22-25(33(18-28-22)21-7-5-4-6-8-21)30-23(29-24)19-9-11-20(12-10-19)26(34)32-16-14-31(2)15-17-32/h9-12,18,21H,3-8,13-17H2,1-2H3,(H,27,29,30). The molecule has 3 aromatic rings. The van der Waals surface area contributed by atoms with Gasteiger partial charge in [0.05, 0.1) is 6.33 Å². The minimum absolute atomic E-state index is 0.0942. The number of piperazine rings is 1. The summed E-state index contributed by atoms with van der Waals surface area (Å²) in [5.41, 5.74) is 3.36. The minimum atomic E-state index is 0.0942. The van der Waals surface area contributed by atoms with Crippen molar-refractivity contribution in [2.24, 2.45) is 0 Å². The van der Waals surface area contributed by atoms with Gasteiger partial charge in [-0.3, -0.25) is 4.79 Å². The summed E-state index contributed by atoms with van der Waals surface area (Å²) >= 11 is 0. The summed E-state index contributed by atoms with van der Waals surface area (Å²) in [4.78, 5) is 31.6. The summed E-state index contributed by atoms with van der Waals surface area (Å²) in [6.07, 6.45) is 9.11. The van der Waals surface area contributed by atoms with E-state index in [2.05, 4.69) is 28.8 Å². The number of fused-ring (bicyclic) bond motifs is 1. The lowest BCUT2D eigenvalue weighted by Gasteiger charge is -2.32. The summed E-state index contributed by atoms with van der Waals surface area (Å²) in [6, 6.07) is 8.19. The van der Waals surface area contributed by atoms with Gasteiger partial charge in [0, 0.05) is 49.9 Å². The van der Waals surface area contributed by atoms with Gasteiger partial charge in [0.1, 0.15) is 5.52 Å². The van der Waals surface area contributed by atoms with Crippen LogP contribution in [0.2, 0.25) is 0 Å². The molecule has 34 heavy (non-hydrogen) atoms. The first-order valence-corrected chi connectivity index (χ1v) is 12.7. The van der Waals surface area contributed by atoms with E-state index in [0.29, 0.717) is 17.4 Å². The lowest BCUT2D eigenvalue weighted by Crippen LogP contribution is -2.47. The van der Waals surface area contributed by atoms with Gasteiger partial charge in [-0.2, -0.15) is 0 Å². The smallest absolute Gasteiger partial charge is 0.253 e. The summed E-state index contributed by atoms with van der Waals surface area (Å²) in [5.74, 6) is 1.55. The number of likely N-dealkylation sites (N-methyl/N-ethyl adjacent to an activating group) is 1. The monoisotopic (exact) mass is 461 g/mol. The molecule has 1 aromatic carbocycles. The number of carbonyl (C=O) groups excluding carboxylic acids is 1. The first kappa shape index (κ1) is 22.8. The Morgan fingerprint density at radius 3 is 2.47 bits per heavy atom. The van der Waals surface area contributed by atoms with Crippen molar-refractivity contribution in [3.63, 3.8) is 0 Å². The van der Waals surface area contributed by atoms with Crippen LogP contribution in [0.15, 0.2) is 30.6 Å². The molecule has 2 fully saturated rings. The molecule has 8 nitrogen and oxygen atoms in total. The number of carbonyl (C=O) groups is 1. The second-order valence-corrected chi connectivity index (χ2v) is 9.61. The van der Waals surface area contributed by atoms with Gasteiger partial charge in [-0.1, -0.05) is 38.3 Å². The average molecular weight is 462 g/mol. The lowest BCUT2D eigenvalue weighted by molar-refractivity contribution is 0.0664. The highest BCUT2D eigenvalue weighted by atomic mass is 16.2. The molecule has 0 atom stereocenters. The van der Waals surface area contributed by atoms with Crippen molar-refractivity contribution >= 4 is 22.9 Å². The molecule has 0 unspecified atom stereocenters. The van der Waals surface area contributed by atoms with Crippen molar-refractivity contribution < 1.29 is 4.79 Å². The van der Waals surface area contributed by atoms with Crippen molar-refractivity contribution in [2.75, 3.05) is 45.1 Å². The molecule has 1 saturated heterocycles. The van der Waals surface area contributed by atoms with E-state index in [9.17, 15) is 4.79 Å². The fourth-order valence-electron chi connectivity index (χ4n) is 4.99. The third-order valence-electron chi connectivity index (χ3n) is 7.11. The molecule has 3 heterocycles. The van der Waals surface area contributed by atoms with Crippen LogP contribution in [-0.2, 0) is 0 Å². The van der Waals surface area contributed by atoms with E-state index in [0.717, 1.165) is 61.7 Å². The molecule has 1 amide bonds. The largest absolute Gasteiger partial charge is 0.368 e. The van der Waals surface area contributed by atoms with E-state index in [1.807, 2.05) is 35.5 Å². The third kappa shape index (κ3) is 4.64. The number of anilines is 1. The van der Waals surface area contributed by atoms with Gasteiger partial charge in [0.2, 0.25) is 0 Å².